The zero-order valence-corrected chi connectivity index (χ0v) is 12.1. The second-order valence-electron chi connectivity index (χ2n) is 4.67. The van der Waals surface area contributed by atoms with Crippen molar-refractivity contribution in [2.24, 2.45) is 0 Å². The minimum Gasteiger partial charge on any atom is -0.494 e. The fourth-order valence-corrected chi connectivity index (χ4v) is 1.38. The summed E-state index contributed by atoms with van der Waals surface area (Å²) in [6.45, 7) is 10.3. The first-order chi connectivity index (χ1) is 7.57. The van der Waals surface area contributed by atoms with Crippen LogP contribution in [0.1, 0.15) is 39.7 Å². The molecule has 98 valence electrons. The Bertz CT molecular complexity index is 326. The van der Waals surface area contributed by atoms with Crippen molar-refractivity contribution in [3.05, 3.63) is 29.8 Å². The third kappa shape index (κ3) is 5.94. The van der Waals surface area contributed by atoms with Crippen LogP contribution in [-0.2, 0) is 6.54 Å². The SMILES string of the molecule is CCOc1cccc(CNC(C)(C)CC)c1.Cl. The third-order valence-corrected chi connectivity index (χ3v) is 2.86. The second kappa shape index (κ2) is 7.57. The molecule has 2 nitrogen and oxygen atoms in total. The van der Waals surface area contributed by atoms with Crippen molar-refractivity contribution in [3.63, 3.8) is 0 Å². The van der Waals surface area contributed by atoms with E-state index < -0.39 is 0 Å². The molecule has 0 amide bonds. The fourth-order valence-electron chi connectivity index (χ4n) is 1.38. The van der Waals surface area contributed by atoms with E-state index in [1.165, 1.54) is 5.56 Å². The normalized spacial score (nSPS) is 10.8. The van der Waals surface area contributed by atoms with Gasteiger partial charge in [0.05, 0.1) is 6.61 Å². The maximum absolute atomic E-state index is 5.48. The van der Waals surface area contributed by atoms with E-state index in [4.69, 9.17) is 4.74 Å². The Kier molecular flexibility index (Phi) is 7.24. The van der Waals surface area contributed by atoms with E-state index in [9.17, 15) is 0 Å². The van der Waals surface area contributed by atoms with Crippen LogP contribution in [0.4, 0.5) is 0 Å². The zero-order valence-electron chi connectivity index (χ0n) is 11.2. The number of benzene rings is 1. The van der Waals surface area contributed by atoms with E-state index >= 15 is 0 Å². The van der Waals surface area contributed by atoms with E-state index in [-0.39, 0.29) is 17.9 Å². The van der Waals surface area contributed by atoms with Gasteiger partial charge in [-0.2, -0.15) is 0 Å². The first-order valence-electron chi connectivity index (χ1n) is 6.04. The number of hydrogen-bond donors (Lipinski definition) is 1. The molecule has 1 aromatic rings. The summed E-state index contributed by atoms with van der Waals surface area (Å²) in [6, 6.07) is 8.27. The molecule has 0 unspecified atom stereocenters. The number of hydrogen-bond acceptors (Lipinski definition) is 2. The Morgan fingerprint density at radius 3 is 2.53 bits per heavy atom. The number of halogens is 1. The molecule has 0 aromatic heterocycles. The average molecular weight is 258 g/mol. The summed E-state index contributed by atoms with van der Waals surface area (Å²) in [5, 5.41) is 3.54. The van der Waals surface area contributed by atoms with E-state index in [0.717, 1.165) is 25.3 Å². The van der Waals surface area contributed by atoms with Crippen molar-refractivity contribution < 1.29 is 4.74 Å². The minimum absolute atomic E-state index is 0. The summed E-state index contributed by atoms with van der Waals surface area (Å²) in [5.41, 5.74) is 1.47. The number of ether oxygens (including phenoxy) is 1. The van der Waals surface area contributed by atoms with Crippen LogP contribution >= 0.6 is 12.4 Å². The topological polar surface area (TPSA) is 21.3 Å². The highest BCUT2D eigenvalue weighted by molar-refractivity contribution is 5.85. The molecular formula is C14H24ClNO. The summed E-state index contributed by atoms with van der Waals surface area (Å²) in [4.78, 5) is 0. The van der Waals surface area contributed by atoms with Gasteiger partial charge in [-0.05, 0) is 44.9 Å². The molecule has 0 atom stereocenters. The zero-order chi connectivity index (χ0) is 12.0. The Labute approximate surface area is 111 Å². The molecule has 0 aliphatic rings. The lowest BCUT2D eigenvalue weighted by Crippen LogP contribution is -2.37. The molecule has 1 aromatic carbocycles. The van der Waals surface area contributed by atoms with Crippen molar-refractivity contribution in [2.75, 3.05) is 6.61 Å². The molecule has 1 N–H and O–H groups in total. The maximum atomic E-state index is 5.48. The van der Waals surface area contributed by atoms with Gasteiger partial charge in [0, 0.05) is 12.1 Å². The first kappa shape index (κ1) is 16.3. The second-order valence-corrected chi connectivity index (χ2v) is 4.67. The molecule has 17 heavy (non-hydrogen) atoms. The molecule has 0 spiro atoms. The van der Waals surface area contributed by atoms with Crippen LogP contribution < -0.4 is 10.1 Å². The van der Waals surface area contributed by atoms with Crippen LogP contribution in [0.3, 0.4) is 0 Å². The van der Waals surface area contributed by atoms with Gasteiger partial charge in [0.2, 0.25) is 0 Å². The molecule has 0 aliphatic heterocycles. The molecule has 0 aliphatic carbocycles. The average Bonchev–Trinajstić information content (AvgIpc) is 2.28. The highest BCUT2D eigenvalue weighted by atomic mass is 35.5. The standard InChI is InChI=1S/C14H23NO.ClH/c1-5-14(3,4)15-11-12-8-7-9-13(10-12)16-6-2;/h7-10,15H,5-6,11H2,1-4H3;1H. The highest BCUT2D eigenvalue weighted by Crippen LogP contribution is 2.15. The molecule has 0 radical (unpaired) electrons. The number of rotatable bonds is 6. The van der Waals surface area contributed by atoms with E-state index in [1.807, 2.05) is 19.1 Å². The molecule has 0 fully saturated rings. The Morgan fingerprint density at radius 1 is 1.24 bits per heavy atom. The van der Waals surface area contributed by atoms with Crippen molar-refractivity contribution in [2.45, 2.75) is 46.2 Å². The monoisotopic (exact) mass is 257 g/mol. The summed E-state index contributed by atoms with van der Waals surface area (Å²) >= 11 is 0. The molecular weight excluding hydrogens is 234 g/mol. The van der Waals surface area contributed by atoms with Crippen molar-refractivity contribution >= 4 is 12.4 Å². The predicted octanol–water partition coefficient (Wildman–Crippen LogP) is 3.79. The third-order valence-electron chi connectivity index (χ3n) is 2.86. The van der Waals surface area contributed by atoms with Crippen LogP contribution in [0.2, 0.25) is 0 Å². The lowest BCUT2D eigenvalue weighted by molar-refractivity contribution is 0.338. The van der Waals surface area contributed by atoms with Gasteiger partial charge in [-0.3, -0.25) is 0 Å². The molecule has 0 bridgehead atoms. The largest absolute Gasteiger partial charge is 0.494 e. The van der Waals surface area contributed by atoms with Crippen LogP contribution in [0.5, 0.6) is 5.75 Å². The van der Waals surface area contributed by atoms with Gasteiger partial charge in [0.1, 0.15) is 5.75 Å². The smallest absolute Gasteiger partial charge is 0.119 e. The Morgan fingerprint density at radius 2 is 1.94 bits per heavy atom. The van der Waals surface area contributed by atoms with Crippen LogP contribution in [0, 0.1) is 0 Å². The molecule has 3 heteroatoms. The van der Waals surface area contributed by atoms with Crippen molar-refractivity contribution in [1.82, 2.24) is 5.32 Å². The van der Waals surface area contributed by atoms with Gasteiger partial charge in [-0.25, -0.2) is 0 Å². The highest BCUT2D eigenvalue weighted by Gasteiger charge is 2.13. The van der Waals surface area contributed by atoms with Crippen molar-refractivity contribution in [3.8, 4) is 5.75 Å². The summed E-state index contributed by atoms with van der Waals surface area (Å²) in [5.74, 6) is 0.955. The molecule has 0 saturated heterocycles. The van der Waals surface area contributed by atoms with Gasteiger partial charge in [0.15, 0.2) is 0 Å². The number of nitrogens with one attached hydrogen (secondary N) is 1. The van der Waals surface area contributed by atoms with E-state index in [1.54, 1.807) is 0 Å². The van der Waals surface area contributed by atoms with Crippen LogP contribution in [-0.4, -0.2) is 12.1 Å². The lowest BCUT2D eigenvalue weighted by atomic mass is 10.0. The van der Waals surface area contributed by atoms with Gasteiger partial charge in [-0.15, -0.1) is 12.4 Å². The van der Waals surface area contributed by atoms with E-state index in [2.05, 4.69) is 38.2 Å². The molecule has 1 rings (SSSR count). The van der Waals surface area contributed by atoms with Gasteiger partial charge in [-0.1, -0.05) is 19.1 Å². The fraction of sp³-hybridized carbons (Fsp3) is 0.571. The van der Waals surface area contributed by atoms with Crippen LogP contribution in [0.25, 0.3) is 0 Å². The van der Waals surface area contributed by atoms with Crippen LogP contribution in [0.15, 0.2) is 24.3 Å². The predicted molar refractivity (Wildman–Crippen MR) is 76.1 cm³/mol. The summed E-state index contributed by atoms with van der Waals surface area (Å²) < 4.78 is 5.48. The molecule has 0 saturated carbocycles. The summed E-state index contributed by atoms with van der Waals surface area (Å²) in [7, 11) is 0. The van der Waals surface area contributed by atoms with Gasteiger partial charge in [0.25, 0.3) is 0 Å². The molecule has 0 heterocycles. The quantitative estimate of drug-likeness (QED) is 0.837. The van der Waals surface area contributed by atoms with Gasteiger partial charge < -0.3 is 10.1 Å². The Hall–Kier alpha value is -0.730. The van der Waals surface area contributed by atoms with Crippen molar-refractivity contribution in [1.29, 1.82) is 0 Å². The lowest BCUT2D eigenvalue weighted by Gasteiger charge is -2.24. The Balaban J connectivity index is 0.00000256. The maximum Gasteiger partial charge on any atom is 0.119 e. The van der Waals surface area contributed by atoms with Gasteiger partial charge >= 0.3 is 0 Å². The summed E-state index contributed by atoms with van der Waals surface area (Å²) in [6.07, 6.45) is 1.12. The van der Waals surface area contributed by atoms with E-state index in [0.29, 0.717) is 0 Å². The first-order valence-corrected chi connectivity index (χ1v) is 6.04. The minimum atomic E-state index is 0.